The molecule has 0 bridgehead atoms. The Morgan fingerprint density at radius 1 is 1.17 bits per heavy atom. The molecule has 0 spiro atoms. The summed E-state index contributed by atoms with van der Waals surface area (Å²) in [6.45, 7) is 5.62. The summed E-state index contributed by atoms with van der Waals surface area (Å²) < 4.78 is 9.51. The summed E-state index contributed by atoms with van der Waals surface area (Å²) in [5, 5.41) is 5.79. The number of methoxy groups -OCH3 is 2. The largest absolute Gasteiger partial charge is 0.469 e. The molecule has 0 aliphatic rings. The van der Waals surface area contributed by atoms with Gasteiger partial charge >= 0.3 is 5.97 Å². The van der Waals surface area contributed by atoms with E-state index in [2.05, 4.69) is 15.4 Å². The third-order valence-corrected chi connectivity index (χ3v) is 2.46. The molecule has 0 aromatic heterocycles. The number of carbonyl (C=O) groups is 2. The van der Waals surface area contributed by atoms with E-state index in [1.807, 2.05) is 0 Å². The monoisotopic (exact) mass is 260 g/mol. The molecule has 0 aromatic carbocycles. The van der Waals surface area contributed by atoms with Gasteiger partial charge in [-0.2, -0.15) is 0 Å². The van der Waals surface area contributed by atoms with Gasteiger partial charge in [0.15, 0.2) is 0 Å². The second kappa shape index (κ2) is 8.88. The van der Waals surface area contributed by atoms with Crippen molar-refractivity contribution in [2.45, 2.75) is 20.3 Å². The van der Waals surface area contributed by atoms with Crippen LogP contribution in [-0.2, 0) is 19.1 Å². The molecule has 0 radical (unpaired) electrons. The molecule has 0 saturated heterocycles. The van der Waals surface area contributed by atoms with Gasteiger partial charge in [-0.25, -0.2) is 0 Å². The van der Waals surface area contributed by atoms with Crippen LogP contribution in [0, 0.1) is 5.41 Å². The maximum atomic E-state index is 11.4. The van der Waals surface area contributed by atoms with Crippen molar-refractivity contribution in [3.63, 3.8) is 0 Å². The van der Waals surface area contributed by atoms with E-state index in [-0.39, 0.29) is 11.9 Å². The third kappa shape index (κ3) is 7.24. The predicted molar refractivity (Wildman–Crippen MR) is 68.2 cm³/mol. The minimum Gasteiger partial charge on any atom is -0.469 e. The summed E-state index contributed by atoms with van der Waals surface area (Å²) >= 11 is 0. The van der Waals surface area contributed by atoms with Crippen LogP contribution in [0.2, 0.25) is 0 Å². The van der Waals surface area contributed by atoms with Gasteiger partial charge in [0, 0.05) is 33.2 Å². The first-order valence-electron chi connectivity index (χ1n) is 5.99. The molecule has 6 nitrogen and oxygen atoms in total. The van der Waals surface area contributed by atoms with Crippen LogP contribution < -0.4 is 10.6 Å². The van der Waals surface area contributed by atoms with Crippen LogP contribution in [0.3, 0.4) is 0 Å². The van der Waals surface area contributed by atoms with E-state index in [1.54, 1.807) is 21.0 Å². The fraction of sp³-hybridized carbons (Fsp3) is 0.833. The quantitative estimate of drug-likeness (QED) is 0.448. The van der Waals surface area contributed by atoms with Gasteiger partial charge in [0.1, 0.15) is 0 Å². The zero-order valence-electron chi connectivity index (χ0n) is 11.7. The van der Waals surface area contributed by atoms with Crippen LogP contribution in [-0.4, -0.2) is 52.3 Å². The van der Waals surface area contributed by atoms with Crippen molar-refractivity contribution < 1.29 is 19.1 Å². The standard InChI is InChI=1S/C12H24N2O4/c1-12(2,11(16)18-4)9-13-6-5-10(15)14-7-8-17-3/h13H,5-9H2,1-4H3,(H,14,15). The summed E-state index contributed by atoms with van der Waals surface area (Å²) in [7, 11) is 2.95. The SMILES string of the molecule is COCCNC(=O)CCNCC(C)(C)C(=O)OC. The Morgan fingerprint density at radius 3 is 2.39 bits per heavy atom. The molecule has 0 aromatic rings. The predicted octanol–water partition coefficient (Wildman–Crippen LogP) is -0.0721. The van der Waals surface area contributed by atoms with Crippen LogP contribution in [0.4, 0.5) is 0 Å². The lowest BCUT2D eigenvalue weighted by Crippen LogP contribution is -2.38. The molecule has 1 amide bonds. The molecule has 0 fully saturated rings. The number of hydrogen-bond donors (Lipinski definition) is 2. The second-order valence-electron chi connectivity index (χ2n) is 4.64. The number of nitrogens with one attached hydrogen (secondary N) is 2. The van der Waals surface area contributed by atoms with Gasteiger partial charge in [-0.1, -0.05) is 0 Å². The zero-order chi connectivity index (χ0) is 14.0. The molecule has 0 rings (SSSR count). The van der Waals surface area contributed by atoms with Gasteiger partial charge in [0.25, 0.3) is 0 Å². The van der Waals surface area contributed by atoms with E-state index in [0.29, 0.717) is 32.7 Å². The van der Waals surface area contributed by atoms with Crippen molar-refractivity contribution in [3.8, 4) is 0 Å². The molecular formula is C12H24N2O4. The van der Waals surface area contributed by atoms with Crippen LogP contribution in [0.25, 0.3) is 0 Å². The molecule has 0 aliphatic heterocycles. The lowest BCUT2D eigenvalue weighted by atomic mass is 9.94. The smallest absolute Gasteiger partial charge is 0.312 e. The number of hydrogen-bond acceptors (Lipinski definition) is 5. The summed E-state index contributed by atoms with van der Waals surface area (Å²) in [5.74, 6) is -0.296. The number of ether oxygens (including phenoxy) is 2. The van der Waals surface area contributed by atoms with Crippen molar-refractivity contribution in [3.05, 3.63) is 0 Å². The van der Waals surface area contributed by atoms with E-state index in [1.165, 1.54) is 7.11 Å². The molecule has 0 heterocycles. The molecule has 106 valence electrons. The minimum absolute atomic E-state index is 0.0320. The maximum absolute atomic E-state index is 11.4. The van der Waals surface area contributed by atoms with E-state index < -0.39 is 5.41 Å². The van der Waals surface area contributed by atoms with Crippen LogP contribution in [0.5, 0.6) is 0 Å². The Morgan fingerprint density at radius 2 is 1.83 bits per heavy atom. The van der Waals surface area contributed by atoms with E-state index in [9.17, 15) is 9.59 Å². The van der Waals surface area contributed by atoms with Gasteiger partial charge in [-0.05, 0) is 13.8 Å². The maximum Gasteiger partial charge on any atom is 0.312 e. The first-order chi connectivity index (χ1) is 8.44. The van der Waals surface area contributed by atoms with Crippen molar-refractivity contribution in [1.82, 2.24) is 10.6 Å². The van der Waals surface area contributed by atoms with Crippen LogP contribution >= 0.6 is 0 Å². The van der Waals surface area contributed by atoms with Crippen LogP contribution in [0.1, 0.15) is 20.3 Å². The molecule has 6 heteroatoms. The van der Waals surface area contributed by atoms with Gasteiger partial charge in [-0.15, -0.1) is 0 Å². The van der Waals surface area contributed by atoms with Crippen molar-refractivity contribution in [2.24, 2.45) is 5.41 Å². The lowest BCUT2D eigenvalue weighted by molar-refractivity contribution is -0.150. The second-order valence-corrected chi connectivity index (χ2v) is 4.64. The normalized spacial score (nSPS) is 11.1. The van der Waals surface area contributed by atoms with Crippen molar-refractivity contribution in [1.29, 1.82) is 0 Å². The Balaban J connectivity index is 3.67. The van der Waals surface area contributed by atoms with Crippen LogP contribution in [0.15, 0.2) is 0 Å². The fourth-order valence-corrected chi connectivity index (χ4v) is 1.33. The average Bonchev–Trinajstić information content (AvgIpc) is 2.34. The highest BCUT2D eigenvalue weighted by atomic mass is 16.5. The van der Waals surface area contributed by atoms with Gasteiger partial charge in [0.2, 0.25) is 5.91 Å². The molecule has 0 unspecified atom stereocenters. The number of amides is 1. The molecule has 18 heavy (non-hydrogen) atoms. The van der Waals surface area contributed by atoms with Crippen molar-refractivity contribution >= 4 is 11.9 Å². The topological polar surface area (TPSA) is 76.7 Å². The summed E-state index contributed by atoms with van der Waals surface area (Å²) in [5.41, 5.74) is -0.582. The highest BCUT2D eigenvalue weighted by Crippen LogP contribution is 2.14. The Bertz CT molecular complexity index is 267. The minimum atomic E-state index is -0.582. The van der Waals surface area contributed by atoms with Gasteiger partial charge in [0.05, 0.1) is 19.1 Å². The lowest BCUT2D eigenvalue weighted by Gasteiger charge is -2.21. The molecular weight excluding hydrogens is 236 g/mol. The first-order valence-corrected chi connectivity index (χ1v) is 5.99. The third-order valence-electron chi connectivity index (χ3n) is 2.46. The van der Waals surface area contributed by atoms with Crippen molar-refractivity contribution in [2.75, 3.05) is 40.5 Å². The first kappa shape index (κ1) is 16.9. The highest BCUT2D eigenvalue weighted by molar-refractivity contribution is 5.76. The zero-order valence-corrected chi connectivity index (χ0v) is 11.7. The van der Waals surface area contributed by atoms with Gasteiger partial charge < -0.3 is 20.1 Å². The molecule has 2 N–H and O–H groups in total. The Hall–Kier alpha value is -1.14. The molecule has 0 saturated carbocycles. The Labute approximate surface area is 108 Å². The summed E-state index contributed by atoms with van der Waals surface area (Å²) in [6.07, 6.45) is 0.376. The van der Waals surface area contributed by atoms with E-state index in [4.69, 9.17) is 4.74 Å². The number of carbonyl (C=O) groups excluding carboxylic acids is 2. The average molecular weight is 260 g/mol. The van der Waals surface area contributed by atoms with E-state index >= 15 is 0 Å². The number of esters is 1. The summed E-state index contributed by atoms with van der Waals surface area (Å²) in [6, 6.07) is 0. The van der Waals surface area contributed by atoms with Gasteiger partial charge in [-0.3, -0.25) is 9.59 Å². The highest BCUT2D eigenvalue weighted by Gasteiger charge is 2.27. The van der Waals surface area contributed by atoms with E-state index in [0.717, 1.165) is 0 Å². The number of rotatable bonds is 9. The Kier molecular flexibility index (Phi) is 8.32. The molecule has 0 atom stereocenters. The fourth-order valence-electron chi connectivity index (χ4n) is 1.33. The summed E-state index contributed by atoms with van der Waals surface area (Å²) in [4.78, 5) is 22.7. The molecule has 0 aliphatic carbocycles.